The van der Waals surface area contributed by atoms with Gasteiger partial charge in [0.2, 0.25) is 5.91 Å². The molecule has 19 heavy (non-hydrogen) atoms. The maximum atomic E-state index is 12.4. The van der Waals surface area contributed by atoms with Gasteiger partial charge in [0.25, 0.3) is 0 Å². The van der Waals surface area contributed by atoms with E-state index in [1.54, 1.807) is 4.90 Å². The van der Waals surface area contributed by atoms with Crippen molar-refractivity contribution in [3.05, 3.63) is 0 Å². The highest BCUT2D eigenvalue weighted by atomic mass is 16.6. The number of rotatable bonds is 3. The standard InChI is InChI=1S/C15H25NO3/c1-10(11-7-8-11)13(17)16-9-5-6-12(16)14(18)19-15(2,3)4/h10-12H,5-9H2,1-4H3/t10?,12-/m1/s1. The molecule has 0 aromatic heterocycles. The van der Waals surface area contributed by atoms with Crippen LogP contribution in [0.2, 0.25) is 0 Å². The minimum atomic E-state index is -0.490. The Balaban J connectivity index is 1.99. The molecule has 1 aliphatic heterocycles. The van der Waals surface area contributed by atoms with Crippen molar-refractivity contribution in [2.24, 2.45) is 11.8 Å². The predicted octanol–water partition coefficient (Wildman–Crippen LogP) is 2.37. The monoisotopic (exact) mass is 267 g/mol. The van der Waals surface area contributed by atoms with E-state index in [-0.39, 0.29) is 23.8 Å². The van der Waals surface area contributed by atoms with Gasteiger partial charge in [0, 0.05) is 12.5 Å². The summed E-state index contributed by atoms with van der Waals surface area (Å²) in [6.07, 6.45) is 3.93. The number of carbonyl (C=O) groups is 2. The van der Waals surface area contributed by atoms with Crippen molar-refractivity contribution in [2.45, 2.75) is 65.0 Å². The molecule has 0 radical (unpaired) electrons. The van der Waals surface area contributed by atoms with Crippen molar-refractivity contribution in [1.29, 1.82) is 0 Å². The molecule has 0 aromatic carbocycles. The van der Waals surface area contributed by atoms with Crippen molar-refractivity contribution in [2.75, 3.05) is 6.54 Å². The zero-order valence-electron chi connectivity index (χ0n) is 12.4. The fraction of sp³-hybridized carbons (Fsp3) is 0.867. The lowest BCUT2D eigenvalue weighted by Crippen LogP contribution is -2.45. The molecular weight excluding hydrogens is 242 g/mol. The molecule has 0 N–H and O–H groups in total. The third-order valence-corrected chi connectivity index (χ3v) is 3.93. The van der Waals surface area contributed by atoms with Gasteiger partial charge >= 0.3 is 5.97 Å². The largest absolute Gasteiger partial charge is 0.458 e. The van der Waals surface area contributed by atoms with Crippen LogP contribution in [0.25, 0.3) is 0 Å². The molecule has 2 rings (SSSR count). The van der Waals surface area contributed by atoms with E-state index in [0.717, 1.165) is 25.7 Å². The lowest BCUT2D eigenvalue weighted by molar-refractivity contribution is -0.164. The summed E-state index contributed by atoms with van der Waals surface area (Å²) >= 11 is 0. The van der Waals surface area contributed by atoms with E-state index < -0.39 is 5.60 Å². The van der Waals surface area contributed by atoms with Gasteiger partial charge in [0.1, 0.15) is 11.6 Å². The number of hydrogen-bond donors (Lipinski definition) is 0. The van der Waals surface area contributed by atoms with E-state index in [1.165, 1.54) is 0 Å². The van der Waals surface area contributed by atoms with Crippen LogP contribution in [-0.4, -0.2) is 35.0 Å². The third-order valence-electron chi connectivity index (χ3n) is 3.93. The van der Waals surface area contributed by atoms with Crippen LogP contribution in [0.1, 0.15) is 53.4 Å². The van der Waals surface area contributed by atoms with Crippen LogP contribution in [0, 0.1) is 11.8 Å². The van der Waals surface area contributed by atoms with E-state index in [0.29, 0.717) is 12.5 Å². The molecule has 2 atom stereocenters. The number of likely N-dealkylation sites (tertiary alicyclic amines) is 1. The van der Waals surface area contributed by atoms with Crippen molar-refractivity contribution >= 4 is 11.9 Å². The third kappa shape index (κ3) is 3.48. The second-order valence-electron chi connectivity index (χ2n) is 6.85. The fourth-order valence-corrected chi connectivity index (χ4v) is 2.70. The zero-order valence-corrected chi connectivity index (χ0v) is 12.4. The van der Waals surface area contributed by atoms with E-state index in [9.17, 15) is 9.59 Å². The molecule has 2 aliphatic rings. The smallest absolute Gasteiger partial charge is 0.329 e. The number of nitrogens with zero attached hydrogens (tertiary/aromatic N) is 1. The number of amides is 1. The van der Waals surface area contributed by atoms with Gasteiger partial charge < -0.3 is 9.64 Å². The second kappa shape index (κ2) is 5.14. The summed E-state index contributed by atoms with van der Waals surface area (Å²) in [5.74, 6) is 0.479. The molecule has 2 fully saturated rings. The highest BCUT2D eigenvalue weighted by Crippen LogP contribution is 2.38. The first-order chi connectivity index (χ1) is 8.79. The summed E-state index contributed by atoms with van der Waals surface area (Å²) in [6, 6.07) is -0.368. The van der Waals surface area contributed by atoms with Crippen LogP contribution in [0.3, 0.4) is 0 Å². The Morgan fingerprint density at radius 1 is 1.21 bits per heavy atom. The fourth-order valence-electron chi connectivity index (χ4n) is 2.70. The van der Waals surface area contributed by atoms with Crippen molar-refractivity contribution in [3.63, 3.8) is 0 Å². The summed E-state index contributed by atoms with van der Waals surface area (Å²) in [6.45, 7) is 8.26. The van der Waals surface area contributed by atoms with Crippen LogP contribution in [0.4, 0.5) is 0 Å². The Bertz CT molecular complexity index is 368. The minimum absolute atomic E-state index is 0.0584. The van der Waals surface area contributed by atoms with Crippen molar-refractivity contribution in [3.8, 4) is 0 Å². The minimum Gasteiger partial charge on any atom is -0.458 e. The molecule has 1 aliphatic carbocycles. The predicted molar refractivity (Wildman–Crippen MR) is 72.5 cm³/mol. The first kappa shape index (κ1) is 14.4. The molecule has 1 amide bonds. The van der Waals surface area contributed by atoms with Gasteiger partial charge in [-0.15, -0.1) is 0 Å². The van der Waals surface area contributed by atoms with Gasteiger partial charge in [-0.05, 0) is 52.4 Å². The molecular formula is C15H25NO3. The van der Waals surface area contributed by atoms with Gasteiger partial charge in [-0.2, -0.15) is 0 Å². The SMILES string of the molecule is CC(C(=O)N1CCC[C@@H]1C(=O)OC(C)(C)C)C1CC1. The zero-order chi connectivity index (χ0) is 14.2. The molecule has 0 spiro atoms. The van der Waals surface area contributed by atoms with Gasteiger partial charge in [-0.1, -0.05) is 6.92 Å². The molecule has 4 nitrogen and oxygen atoms in total. The second-order valence-corrected chi connectivity index (χ2v) is 6.85. The number of carbonyl (C=O) groups excluding carboxylic acids is 2. The molecule has 108 valence electrons. The topological polar surface area (TPSA) is 46.6 Å². The van der Waals surface area contributed by atoms with Crippen LogP contribution >= 0.6 is 0 Å². The highest BCUT2D eigenvalue weighted by molar-refractivity contribution is 5.86. The van der Waals surface area contributed by atoms with E-state index in [1.807, 2.05) is 27.7 Å². The average molecular weight is 267 g/mol. The Morgan fingerprint density at radius 2 is 1.84 bits per heavy atom. The van der Waals surface area contributed by atoms with Crippen LogP contribution in [0.15, 0.2) is 0 Å². The first-order valence-electron chi connectivity index (χ1n) is 7.33. The van der Waals surface area contributed by atoms with Crippen LogP contribution < -0.4 is 0 Å². The Labute approximate surface area is 115 Å². The number of hydrogen-bond acceptors (Lipinski definition) is 3. The maximum Gasteiger partial charge on any atom is 0.329 e. The Kier molecular flexibility index (Phi) is 3.88. The summed E-state index contributed by atoms with van der Waals surface area (Å²) in [5, 5.41) is 0. The lowest BCUT2D eigenvalue weighted by atomic mass is 10.0. The van der Waals surface area contributed by atoms with Crippen LogP contribution in [0.5, 0.6) is 0 Å². The lowest BCUT2D eigenvalue weighted by Gasteiger charge is -2.29. The molecule has 0 aromatic rings. The summed E-state index contributed by atoms with van der Waals surface area (Å²) in [7, 11) is 0. The van der Waals surface area contributed by atoms with E-state index in [4.69, 9.17) is 4.74 Å². The van der Waals surface area contributed by atoms with Crippen molar-refractivity contribution < 1.29 is 14.3 Å². The number of ether oxygens (including phenoxy) is 1. The van der Waals surface area contributed by atoms with Gasteiger partial charge in [0.15, 0.2) is 0 Å². The molecule has 1 unspecified atom stereocenters. The number of esters is 1. The Hall–Kier alpha value is -1.06. The molecule has 1 saturated carbocycles. The molecule has 1 saturated heterocycles. The average Bonchev–Trinajstić information content (AvgIpc) is 3.02. The van der Waals surface area contributed by atoms with Gasteiger partial charge in [-0.25, -0.2) is 4.79 Å². The molecule has 1 heterocycles. The van der Waals surface area contributed by atoms with E-state index >= 15 is 0 Å². The molecule has 0 bridgehead atoms. The first-order valence-corrected chi connectivity index (χ1v) is 7.33. The van der Waals surface area contributed by atoms with Crippen LogP contribution in [-0.2, 0) is 14.3 Å². The van der Waals surface area contributed by atoms with Crippen molar-refractivity contribution in [1.82, 2.24) is 4.90 Å². The quantitative estimate of drug-likeness (QED) is 0.737. The van der Waals surface area contributed by atoms with E-state index in [2.05, 4.69) is 0 Å². The van der Waals surface area contributed by atoms with Gasteiger partial charge in [-0.3, -0.25) is 4.79 Å². The highest BCUT2D eigenvalue weighted by Gasteiger charge is 2.41. The summed E-state index contributed by atoms with van der Waals surface area (Å²) in [5.41, 5.74) is -0.490. The maximum absolute atomic E-state index is 12.4. The van der Waals surface area contributed by atoms with Gasteiger partial charge in [0.05, 0.1) is 0 Å². The molecule has 4 heteroatoms. The Morgan fingerprint density at radius 3 is 2.37 bits per heavy atom. The summed E-state index contributed by atoms with van der Waals surface area (Å²) in [4.78, 5) is 26.3. The summed E-state index contributed by atoms with van der Waals surface area (Å²) < 4.78 is 5.43. The normalized spacial score (nSPS) is 25.3.